The molecule has 0 fully saturated rings. The topological polar surface area (TPSA) is 21.7 Å². The van der Waals surface area contributed by atoms with Crippen molar-refractivity contribution >= 4 is 27.2 Å². The third-order valence-electron chi connectivity index (χ3n) is 4.16. The summed E-state index contributed by atoms with van der Waals surface area (Å²) >= 11 is 0. The molecule has 3 aromatic rings. The summed E-state index contributed by atoms with van der Waals surface area (Å²) in [6.45, 7) is 9.18. The van der Waals surface area contributed by atoms with E-state index < -0.39 is 16.6 Å². The number of hydrogen-bond donors (Lipinski definition) is 0. The van der Waals surface area contributed by atoms with Gasteiger partial charge in [0.25, 0.3) is 0 Å². The first kappa shape index (κ1) is 23.1. The van der Waals surface area contributed by atoms with Gasteiger partial charge < -0.3 is 9.05 Å². The lowest BCUT2D eigenvalue weighted by molar-refractivity contribution is 0.242. The fourth-order valence-electron chi connectivity index (χ4n) is 2.96. The van der Waals surface area contributed by atoms with Gasteiger partial charge in [0.05, 0.1) is 12.2 Å². The van der Waals surface area contributed by atoms with E-state index in [0.29, 0.717) is 0 Å². The van der Waals surface area contributed by atoms with Crippen LogP contribution in [0.2, 0.25) is 0 Å². The lowest BCUT2D eigenvalue weighted by Gasteiger charge is -2.38. The highest BCUT2D eigenvalue weighted by Gasteiger charge is 2.33. The zero-order valence-electron chi connectivity index (χ0n) is 18.2. The molecule has 3 nitrogen and oxygen atoms in total. The molecule has 158 valence electrons. The van der Waals surface area contributed by atoms with E-state index in [4.69, 9.17) is 9.05 Å². The Hall–Kier alpha value is -1.60. The Morgan fingerprint density at radius 1 is 0.600 bits per heavy atom. The van der Waals surface area contributed by atoms with Crippen LogP contribution in [0.15, 0.2) is 91.0 Å². The Balaban J connectivity index is 2.08. The summed E-state index contributed by atoms with van der Waals surface area (Å²) in [6.07, 6.45) is 0.225. The number of hydrogen-bond acceptors (Lipinski definition) is 3. The average molecular weight is 439 g/mol. The standard InChI is InChI=1S/C25H31NO2P2/c1-21(2)27-29(24-16-10-6-11-17-24)26(20-23-14-8-5-9-15-23)30(28-22(3)4)25-18-12-7-13-19-25/h5-19,21-22H,20H2,1-4H3. The van der Waals surface area contributed by atoms with Crippen LogP contribution in [0.3, 0.4) is 0 Å². The van der Waals surface area contributed by atoms with Crippen molar-refractivity contribution in [2.24, 2.45) is 0 Å². The zero-order valence-corrected chi connectivity index (χ0v) is 20.0. The van der Waals surface area contributed by atoms with Crippen LogP contribution in [-0.4, -0.2) is 16.6 Å². The Morgan fingerprint density at radius 3 is 1.33 bits per heavy atom. The molecular formula is C25H31NO2P2. The van der Waals surface area contributed by atoms with Crippen molar-refractivity contribution < 1.29 is 9.05 Å². The quantitative estimate of drug-likeness (QED) is 0.332. The lowest BCUT2D eigenvalue weighted by atomic mass is 10.2. The summed E-state index contributed by atoms with van der Waals surface area (Å²) in [5.41, 5.74) is 1.25. The molecule has 0 amide bonds. The van der Waals surface area contributed by atoms with Gasteiger partial charge in [-0.1, -0.05) is 91.0 Å². The highest BCUT2D eigenvalue weighted by Crippen LogP contribution is 2.58. The molecule has 2 atom stereocenters. The summed E-state index contributed by atoms with van der Waals surface area (Å²) in [5, 5.41) is 2.40. The summed E-state index contributed by atoms with van der Waals surface area (Å²) in [5.74, 6) is 0. The third kappa shape index (κ3) is 6.71. The Kier molecular flexibility index (Phi) is 9.00. The second-order valence-electron chi connectivity index (χ2n) is 7.54. The maximum absolute atomic E-state index is 6.58. The smallest absolute Gasteiger partial charge is 0.143 e. The first-order valence-electron chi connectivity index (χ1n) is 10.4. The van der Waals surface area contributed by atoms with E-state index in [1.54, 1.807) is 0 Å². The summed E-state index contributed by atoms with van der Waals surface area (Å²) in [4.78, 5) is 0. The molecular weight excluding hydrogens is 408 g/mol. The van der Waals surface area contributed by atoms with Crippen LogP contribution in [0.25, 0.3) is 0 Å². The van der Waals surface area contributed by atoms with Crippen molar-refractivity contribution in [3.8, 4) is 0 Å². The third-order valence-corrected chi connectivity index (χ3v) is 8.98. The molecule has 3 aromatic carbocycles. The zero-order chi connectivity index (χ0) is 21.3. The van der Waals surface area contributed by atoms with Crippen LogP contribution < -0.4 is 10.6 Å². The van der Waals surface area contributed by atoms with Crippen LogP contribution in [0.5, 0.6) is 0 Å². The first-order chi connectivity index (χ1) is 14.5. The molecule has 0 spiro atoms. The maximum atomic E-state index is 6.58. The molecule has 30 heavy (non-hydrogen) atoms. The average Bonchev–Trinajstić information content (AvgIpc) is 2.76. The van der Waals surface area contributed by atoms with Gasteiger partial charge in [0, 0.05) is 17.2 Å². The van der Waals surface area contributed by atoms with Crippen LogP contribution >= 0.6 is 16.6 Å². The van der Waals surface area contributed by atoms with E-state index >= 15 is 0 Å². The minimum Gasteiger partial charge on any atom is -0.337 e. The normalized spacial score (nSPS) is 13.7. The van der Waals surface area contributed by atoms with Crippen molar-refractivity contribution in [1.29, 1.82) is 0 Å². The molecule has 0 saturated heterocycles. The fourth-order valence-corrected chi connectivity index (χ4v) is 7.65. The predicted molar refractivity (Wildman–Crippen MR) is 130 cm³/mol. The number of benzene rings is 3. The molecule has 0 saturated carbocycles. The van der Waals surface area contributed by atoms with E-state index in [2.05, 4.69) is 123 Å². The van der Waals surface area contributed by atoms with Gasteiger partial charge in [-0.2, -0.15) is 0 Å². The van der Waals surface area contributed by atoms with Gasteiger partial charge in [-0.15, -0.1) is 0 Å². The van der Waals surface area contributed by atoms with Gasteiger partial charge >= 0.3 is 0 Å². The van der Waals surface area contributed by atoms with Crippen LogP contribution in [-0.2, 0) is 15.6 Å². The molecule has 0 aliphatic carbocycles. The van der Waals surface area contributed by atoms with E-state index in [1.165, 1.54) is 16.2 Å². The molecule has 0 bridgehead atoms. The van der Waals surface area contributed by atoms with E-state index in [0.717, 1.165) is 6.54 Å². The Morgan fingerprint density at radius 2 is 0.967 bits per heavy atom. The largest absolute Gasteiger partial charge is 0.337 e. The molecule has 0 aliphatic heterocycles. The van der Waals surface area contributed by atoms with Crippen molar-refractivity contribution in [3.63, 3.8) is 0 Å². The number of rotatable bonds is 10. The molecule has 3 rings (SSSR count). The minimum absolute atomic E-state index is 0.112. The Labute approximate surface area is 183 Å². The predicted octanol–water partition coefficient (Wildman–Crippen LogP) is 6.61. The molecule has 0 radical (unpaired) electrons. The molecule has 0 N–H and O–H groups in total. The van der Waals surface area contributed by atoms with E-state index in [-0.39, 0.29) is 12.2 Å². The lowest BCUT2D eigenvalue weighted by Crippen LogP contribution is -2.27. The van der Waals surface area contributed by atoms with Crippen molar-refractivity contribution in [2.45, 2.75) is 46.4 Å². The van der Waals surface area contributed by atoms with Gasteiger partial charge in [0.2, 0.25) is 0 Å². The second kappa shape index (κ2) is 11.7. The van der Waals surface area contributed by atoms with Gasteiger partial charge in [-0.3, -0.25) is 0 Å². The van der Waals surface area contributed by atoms with Crippen molar-refractivity contribution in [2.75, 3.05) is 0 Å². The first-order valence-corrected chi connectivity index (χ1v) is 12.8. The SMILES string of the molecule is CC(C)OP(c1ccccc1)N(Cc1ccccc1)P(OC(C)C)c1ccccc1. The van der Waals surface area contributed by atoms with Gasteiger partial charge in [0.1, 0.15) is 16.6 Å². The van der Waals surface area contributed by atoms with Crippen molar-refractivity contribution in [1.82, 2.24) is 4.44 Å². The van der Waals surface area contributed by atoms with Gasteiger partial charge in [0.15, 0.2) is 0 Å². The van der Waals surface area contributed by atoms with E-state index in [9.17, 15) is 0 Å². The summed E-state index contributed by atoms with van der Waals surface area (Å²) < 4.78 is 15.6. The fraction of sp³-hybridized carbons (Fsp3) is 0.280. The molecule has 0 aliphatic rings. The molecule has 0 aromatic heterocycles. The highest BCUT2D eigenvalue weighted by atomic mass is 31.2. The van der Waals surface area contributed by atoms with Crippen LogP contribution in [0, 0.1) is 0 Å². The summed E-state index contributed by atoms with van der Waals surface area (Å²) in [7, 11) is -2.08. The monoisotopic (exact) mass is 439 g/mol. The Bertz CT molecular complexity index is 807. The van der Waals surface area contributed by atoms with Crippen LogP contribution in [0.1, 0.15) is 33.3 Å². The minimum atomic E-state index is -1.04. The number of nitrogens with zero attached hydrogens (tertiary/aromatic N) is 1. The summed E-state index contributed by atoms with van der Waals surface area (Å²) in [6, 6.07) is 31.7. The van der Waals surface area contributed by atoms with E-state index in [1.807, 2.05) is 0 Å². The molecule has 2 unspecified atom stereocenters. The van der Waals surface area contributed by atoms with Crippen LogP contribution in [0.4, 0.5) is 0 Å². The molecule has 5 heteroatoms. The van der Waals surface area contributed by atoms with Crippen molar-refractivity contribution in [3.05, 3.63) is 96.6 Å². The van der Waals surface area contributed by atoms with Gasteiger partial charge in [-0.25, -0.2) is 4.44 Å². The molecule has 0 heterocycles. The maximum Gasteiger partial charge on any atom is 0.143 e. The van der Waals surface area contributed by atoms with Gasteiger partial charge in [-0.05, 0) is 33.3 Å². The highest BCUT2D eigenvalue weighted by molar-refractivity contribution is 7.73. The second-order valence-corrected chi connectivity index (χ2v) is 11.4.